The molecule has 0 aromatic heterocycles. The molecule has 0 saturated heterocycles. The lowest BCUT2D eigenvalue weighted by Crippen LogP contribution is -2.41. The van der Waals surface area contributed by atoms with Crippen LogP contribution in [0.1, 0.15) is 77.1 Å². The van der Waals surface area contributed by atoms with Crippen LogP contribution in [0.5, 0.6) is 0 Å². The van der Waals surface area contributed by atoms with Gasteiger partial charge in [0.2, 0.25) is 0 Å². The average Bonchev–Trinajstić information content (AvgIpc) is 3.64. The van der Waals surface area contributed by atoms with Gasteiger partial charge in [0.1, 0.15) is 0 Å². The van der Waals surface area contributed by atoms with E-state index in [2.05, 4.69) is 172 Å². The number of allylic oxidation sites excluding steroid dienone is 1. The Morgan fingerprint density at radius 3 is 1.52 bits per heavy atom. The lowest BCUT2D eigenvalue weighted by Gasteiger charge is -2.47. The predicted molar refractivity (Wildman–Crippen MR) is 194 cm³/mol. The smallest absolute Gasteiger partial charge is 0.0418 e. The Morgan fingerprint density at radius 2 is 1.00 bits per heavy atom. The van der Waals surface area contributed by atoms with Gasteiger partial charge in [0.05, 0.1) is 0 Å². The fourth-order valence-corrected chi connectivity index (χ4v) is 8.74. The Kier molecular flexibility index (Phi) is 7.10. The highest BCUT2D eigenvalue weighted by Crippen LogP contribution is 2.64. The van der Waals surface area contributed by atoms with Gasteiger partial charge in [-0.15, -0.1) is 0 Å². The van der Waals surface area contributed by atoms with Crippen LogP contribution in [-0.4, -0.2) is 0 Å². The predicted octanol–water partition coefficient (Wildman–Crippen LogP) is 11.8. The molecule has 2 aliphatic carbocycles. The molecule has 224 valence electrons. The molecule has 0 radical (unpaired) electrons. The fourth-order valence-electron chi connectivity index (χ4n) is 8.74. The van der Waals surface area contributed by atoms with Gasteiger partial charge in [-0.2, -0.15) is 0 Å². The van der Waals surface area contributed by atoms with E-state index in [0.717, 1.165) is 12.8 Å². The third-order valence-corrected chi connectivity index (χ3v) is 10.7. The van der Waals surface area contributed by atoms with Crippen LogP contribution in [0.25, 0.3) is 28.3 Å². The van der Waals surface area contributed by atoms with Crippen LogP contribution in [0.15, 0.2) is 151 Å². The van der Waals surface area contributed by atoms with Crippen molar-refractivity contribution in [3.8, 4) is 22.3 Å². The Balaban J connectivity index is 1.51. The van der Waals surface area contributed by atoms with E-state index in [1.54, 1.807) is 0 Å². The zero-order chi connectivity index (χ0) is 31.3. The van der Waals surface area contributed by atoms with Crippen molar-refractivity contribution in [1.29, 1.82) is 0 Å². The van der Waals surface area contributed by atoms with Crippen molar-refractivity contribution in [3.63, 3.8) is 0 Å². The second-order valence-electron chi connectivity index (χ2n) is 13.1. The topological polar surface area (TPSA) is 0 Å². The second-order valence-corrected chi connectivity index (χ2v) is 13.1. The standard InChI is InChI=1S/C46H40/c1-4-32-24-26-38-39-27-25-33(5-2)30-43(39)45(42(38)29-32)46(35-18-11-7-12-19-35,36-20-13-8-14-21-36)44-31(3)28-41-37(22-15-23-40(41)44)34-16-9-6-10-17-34/h6-30,44-45H,4-5H2,1-3H3. The summed E-state index contributed by atoms with van der Waals surface area (Å²) in [7, 11) is 0. The van der Waals surface area contributed by atoms with E-state index in [9.17, 15) is 0 Å². The van der Waals surface area contributed by atoms with Crippen LogP contribution in [0.4, 0.5) is 0 Å². The third-order valence-electron chi connectivity index (χ3n) is 10.7. The molecule has 0 fully saturated rings. The molecule has 0 N–H and O–H groups in total. The van der Waals surface area contributed by atoms with Gasteiger partial charge >= 0.3 is 0 Å². The van der Waals surface area contributed by atoms with Gasteiger partial charge in [0.25, 0.3) is 0 Å². The minimum absolute atomic E-state index is 0.125. The highest BCUT2D eigenvalue weighted by Gasteiger charge is 2.54. The van der Waals surface area contributed by atoms with Crippen LogP contribution in [0, 0.1) is 0 Å². The summed E-state index contributed by atoms with van der Waals surface area (Å²) in [5, 5.41) is 0. The molecule has 0 bridgehead atoms. The molecule has 0 heteroatoms. The van der Waals surface area contributed by atoms with E-state index in [1.807, 2.05) is 0 Å². The minimum atomic E-state index is -0.400. The third kappa shape index (κ3) is 4.27. The molecule has 8 rings (SSSR count). The first-order chi connectivity index (χ1) is 22.6. The van der Waals surface area contributed by atoms with E-state index in [0.29, 0.717) is 0 Å². The lowest BCUT2D eigenvalue weighted by molar-refractivity contribution is 0.405. The number of fused-ring (bicyclic) bond motifs is 4. The quantitative estimate of drug-likeness (QED) is 0.173. The van der Waals surface area contributed by atoms with Gasteiger partial charge in [0.15, 0.2) is 0 Å². The number of aryl methyl sites for hydroxylation is 2. The average molecular weight is 593 g/mol. The number of rotatable bonds is 7. The van der Waals surface area contributed by atoms with Crippen molar-refractivity contribution >= 4 is 6.08 Å². The van der Waals surface area contributed by atoms with Gasteiger partial charge in [-0.05, 0) is 86.5 Å². The van der Waals surface area contributed by atoms with Gasteiger partial charge in [-0.25, -0.2) is 0 Å². The van der Waals surface area contributed by atoms with Gasteiger partial charge in [0, 0.05) is 17.3 Å². The van der Waals surface area contributed by atoms with Crippen LogP contribution in [-0.2, 0) is 18.3 Å². The molecule has 0 heterocycles. The molecule has 0 nitrogen and oxygen atoms in total. The summed E-state index contributed by atoms with van der Waals surface area (Å²) in [5.41, 5.74) is 17.6. The maximum atomic E-state index is 2.53. The van der Waals surface area contributed by atoms with Crippen molar-refractivity contribution < 1.29 is 0 Å². The molecular weight excluding hydrogens is 553 g/mol. The molecule has 0 amide bonds. The summed E-state index contributed by atoms with van der Waals surface area (Å²) in [6.07, 6.45) is 4.53. The Bertz CT molecular complexity index is 1970. The van der Waals surface area contributed by atoms with Gasteiger partial charge < -0.3 is 0 Å². The van der Waals surface area contributed by atoms with Crippen molar-refractivity contribution in [2.45, 2.75) is 50.9 Å². The van der Waals surface area contributed by atoms with Gasteiger partial charge in [-0.3, -0.25) is 0 Å². The Hall–Kier alpha value is -4.94. The molecular formula is C46H40. The number of hydrogen-bond donors (Lipinski definition) is 0. The van der Waals surface area contributed by atoms with Crippen molar-refractivity contribution in [3.05, 3.63) is 196 Å². The molecule has 0 aliphatic heterocycles. The zero-order valence-corrected chi connectivity index (χ0v) is 27.0. The van der Waals surface area contributed by atoms with Crippen LogP contribution < -0.4 is 0 Å². The zero-order valence-electron chi connectivity index (χ0n) is 27.0. The molecule has 2 aliphatic rings. The summed E-state index contributed by atoms with van der Waals surface area (Å²) >= 11 is 0. The van der Waals surface area contributed by atoms with Crippen LogP contribution >= 0.6 is 0 Å². The molecule has 6 aromatic rings. The molecule has 46 heavy (non-hydrogen) atoms. The van der Waals surface area contributed by atoms with E-state index < -0.39 is 5.41 Å². The van der Waals surface area contributed by atoms with Crippen LogP contribution in [0.2, 0.25) is 0 Å². The summed E-state index contributed by atoms with van der Waals surface area (Å²) in [5.74, 6) is 0.260. The van der Waals surface area contributed by atoms with Gasteiger partial charge in [-0.1, -0.05) is 171 Å². The maximum absolute atomic E-state index is 2.53. The Morgan fingerprint density at radius 1 is 0.478 bits per heavy atom. The second kappa shape index (κ2) is 11.5. The van der Waals surface area contributed by atoms with Crippen molar-refractivity contribution in [2.75, 3.05) is 0 Å². The molecule has 1 unspecified atom stereocenters. The molecule has 0 spiro atoms. The van der Waals surface area contributed by atoms with E-state index in [4.69, 9.17) is 0 Å². The largest absolute Gasteiger partial charge is 0.0639 e. The van der Waals surface area contributed by atoms with E-state index >= 15 is 0 Å². The van der Waals surface area contributed by atoms with Crippen molar-refractivity contribution in [2.24, 2.45) is 0 Å². The number of benzene rings is 6. The first-order valence-corrected chi connectivity index (χ1v) is 16.9. The Labute approximate surface area is 274 Å². The number of hydrogen-bond acceptors (Lipinski definition) is 0. The minimum Gasteiger partial charge on any atom is -0.0639 e. The highest BCUT2D eigenvalue weighted by atomic mass is 14.6. The first kappa shape index (κ1) is 28.5. The van der Waals surface area contributed by atoms with Crippen molar-refractivity contribution in [1.82, 2.24) is 0 Å². The fraction of sp³-hybridized carbons (Fsp3) is 0.174. The summed E-state index contributed by atoms with van der Waals surface area (Å²) in [6, 6.07) is 55.3. The van der Waals surface area contributed by atoms with Crippen LogP contribution in [0.3, 0.4) is 0 Å². The monoisotopic (exact) mass is 592 g/mol. The SMILES string of the molecule is CCc1ccc2c(c1)C(C(c1ccccc1)(c1ccccc1)C1C(C)=Cc3c(-c4ccccc4)cccc31)c1cc(CC)ccc1-2. The highest BCUT2D eigenvalue weighted by molar-refractivity contribution is 5.85. The lowest BCUT2D eigenvalue weighted by atomic mass is 9.54. The molecule has 1 atom stereocenters. The first-order valence-electron chi connectivity index (χ1n) is 16.9. The normalized spacial score (nSPS) is 15.3. The van der Waals surface area contributed by atoms with E-state index in [1.165, 1.54) is 72.3 Å². The summed E-state index contributed by atoms with van der Waals surface area (Å²) in [4.78, 5) is 0. The molecule has 6 aromatic carbocycles. The summed E-state index contributed by atoms with van der Waals surface area (Å²) < 4.78 is 0. The summed E-state index contributed by atoms with van der Waals surface area (Å²) in [6.45, 7) is 6.93. The maximum Gasteiger partial charge on any atom is 0.0418 e. The van der Waals surface area contributed by atoms with E-state index in [-0.39, 0.29) is 11.8 Å². The molecule has 0 saturated carbocycles.